The van der Waals surface area contributed by atoms with Gasteiger partial charge in [0, 0.05) is 24.6 Å². The lowest BCUT2D eigenvalue weighted by molar-refractivity contribution is 0.00240. The highest BCUT2D eigenvalue weighted by Gasteiger charge is 2.28. The van der Waals surface area contributed by atoms with E-state index in [1.807, 2.05) is 0 Å². The summed E-state index contributed by atoms with van der Waals surface area (Å²) in [5.74, 6) is -1.78. The Labute approximate surface area is 127 Å². The standard InChI is InChI=1S/C15H20F2N2O3/c16-12-5-1-4-11(13(12)17)14(10-3-2-6-18-9-10)22-8-7-19-15(20)21/h1,4-5,10,14,18-19H,2-3,6-9H2,(H,20,21)/t10?,14-/m1/s1. The van der Waals surface area contributed by atoms with Crippen molar-refractivity contribution in [2.45, 2.75) is 18.9 Å². The van der Waals surface area contributed by atoms with E-state index < -0.39 is 23.8 Å². The maximum Gasteiger partial charge on any atom is 0.404 e. The van der Waals surface area contributed by atoms with Gasteiger partial charge in [0.15, 0.2) is 11.6 Å². The van der Waals surface area contributed by atoms with Crippen LogP contribution in [0.4, 0.5) is 13.6 Å². The Morgan fingerprint density at radius 2 is 2.32 bits per heavy atom. The number of halogens is 2. The normalized spacial score (nSPS) is 19.6. The molecule has 0 spiro atoms. The van der Waals surface area contributed by atoms with Crippen LogP contribution in [-0.4, -0.2) is 37.4 Å². The molecule has 2 rings (SSSR count). The molecule has 1 fully saturated rings. The smallest absolute Gasteiger partial charge is 0.404 e. The number of benzene rings is 1. The maximum absolute atomic E-state index is 14.1. The first-order valence-electron chi connectivity index (χ1n) is 7.32. The number of piperidine rings is 1. The SMILES string of the molecule is O=C(O)NCCO[C@@H](c1cccc(F)c1F)C1CCCNC1. The van der Waals surface area contributed by atoms with Gasteiger partial charge in [-0.25, -0.2) is 13.6 Å². The minimum absolute atomic E-state index is 0.0230. The summed E-state index contributed by atoms with van der Waals surface area (Å²) in [6, 6.07) is 4.04. The minimum atomic E-state index is -1.14. The monoisotopic (exact) mass is 314 g/mol. The van der Waals surface area contributed by atoms with Crippen molar-refractivity contribution in [3.05, 3.63) is 35.4 Å². The number of rotatable bonds is 6. The molecule has 0 bridgehead atoms. The molecule has 1 aromatic carbocycles. The molecule has 22 heavy (non-hydrogen) atoms. The van der Waals surface area contributed by atoms with Crippen molar-refractivity contribution in [3.63, 3.8) is 0 Å². The molecule has 1 amide bonds. The summed E-state index contributed by atoms with van der Waals surface area (Å²) in [6.07, 6.45) is 0.0463. The van der Waals surface area contributed by atoms with Gasteiger partial charge < -0.3 is 20.5 Å². The third-order valence-electron chi connectivity index (χ3n) is 3.73. The molecule has 3 N–H and O–H groups in total. The molecule has 0 radical (unpaired) electrons. The Kier molecular flexibility index (Phi) is 6.09. The summed E-state index contributed by atoms with van der Waals surface area (Å²) in [5.41, 5.74) is 0.184. The Morgan fingerprint density at radius 3 is 3.00 bits per heavy atom. The van der Waals surface area contributed by atoms with Crippen LogP contribution in [-0.2, 0) is 4.74 Å². The summed E-state index contributed by atoms with van der Waals surface area (Å²) in [4.78, 5) is 10.4. The van der Waals surface area contributed by atoms with Crippen molar-refractivity contribution >= 4 is 6.09 Å². The second-order valence-corrected chi connectivity index (χ2v) is 5.27. The van der Waals surface area contributed by atoms with Crippen LogP contribution in [0.3, 0.4) is 0 Å². The summed E-state index contributed by atoms with van der Waals surface area (Å²) in [5, 5.41) is 13.9. The molecule has 0 saturated carbocycles. The van der Waals surface area contributed by atoms with Crippen LogP contribution in [0.25, 0.3) is 0 Å². The maximum atomic E-state index is 14.1. The zero-order valence-corrected chi connectivity index (χ0v) is 12.1. The molecule has 1 heterocycles. The Bertz CT molecular complexity index is 508. The van der Waals surface area contributed by atoms with Gasteiger partial charge in [-0.2, -0.15) is 0 Å². The minimum Gasteiger partial charge on any atom is -0.465 e. The third-order valence-corrected chi connectivity index (χ3v) is 3.73. The van der Waals surface area contributed by atoms with Gasteiger partial charge >= 0.3 is 6.09 Å². The average molecular weight is 314 g/mol. The van der Waals surface area contributed by atoms with Gasteiger partial charge in [0.05, 0.1) is 12.7 Å². The number of nitrogens with one attached hydrogen (secondary N) is 2. The molecule has 7 heteroatoms. The quantitative estimate of drug-likeness (QED) is 0.705. The van der Waals surface area contributed by atoms with Crippen molar-refractivity contribution < 1.29 is 23.4 Å². The highest BCUT2D eigenvalue weighted by Crippen LogP contribution is 2.32. The molecule has 2 atom stereocenters. The number of amides is 1. The molecule has 1 saturated heterocycles. The summed E-state index contributed by atoms with van der Waals surface area (Å²) >= 11 is 0. The summed E-state index contributed by atoms with van der Waals surface area (Å²) < 4.78 is 33.2. The second kappa shape index (κ2) is 8.05. The molecule has 1 aliphatic heterocycles. The van der Waals surface area contributed by atoms with E-state index in [1.165, 1.54) is 12.1 Å². The van der Waals surface area contributed by atoms with Crippen molar-refractivity contribution in [2.75, 3.05) is 26.2 Å². The predicted octanol–water partition coefficient (Wildman–Crippen LogP) is 2.29. The Hall–Kier alpha value is -1.73. The molecule has 1 aliphatic rings. The number of carbonyl (C=O) groups is 1. The zero-order valence-electron chi connectivity index (χ0n) is 12.1. The number of hydrogen-bond donors (Lipinski definition) is 3. The lowest BCUT2D eigenvalue weighted by atomic mass is 9.89. The lowest BCUT2D eigenvalue weighted by Gasteiger charge is -2.31. The molecular formula is C15H20F2N2O3. The molecule has 0 aromatic heterocycles. The van der Waals surface area contributed by atoms with E-state index in [0.717, 1.165) is 25.5 Å². The first-order valence-corrected chi connectivity index (χ1v) is 7.32. The second-order valence-electron chi connectivity index (χ2n) is 5.27. The van der Waals surface area contributed by atoms with E-state index in [2.05, 4.69) is 10.6 Å². The van der Waals surface area contributed by atoms with Crippen molar-refractivity contribution in [2.24, 2.45) is 5.92 Å². The van der Waals surface area contributed by atoms with Gasteiger partial charge in [0.25, 0.3) is 0 Å². The highest BCUT2D eigenvalue weighted by atomic mass is 19.2. The van der Waals surface area contributed by atoms with Crippen LogP contribution < -0.4 is 10.6 Å². The van der Waals surface area contributed by atoms with Gasteiger partial charge in [0.2, 0.25) is 0 Å². The molecule has 122 valence electrons. The topological polar surface area (TPSA) is 70.6 Å². The fraction of sp³-hybridized carbons (Fsp3) is 0.533. The van der Waals surface area contributed by atoms with E-state index in [9.17, 15) is 13.6 Å². The van der Waals surface area contributed by atoms with Crippen molar-refractivity contribution in [1.29, 1.82) is 0 Å². The fourth-order valence-electron chi connectivity index (χ4n) is 2.70. The van der Waals surface area contributed by atoms with Gasteiger partial charge in [-0.15, -0.1) is 0 Å². The van der Waals surface area contributed by atoms with Crippen LogP contribution in [0.5, 0.6) is 0 Å². The highest BCUT2D eigenvalue weighted by molar-refractivity contribution is 5.64. The first-order chi connectivity index (χ1) is 10.6. The predicted molar refractivity (Wildman–Crippen MR) is 76.7 cm³/mol. The largest absolute Gasteiger partial charge is 0.465 e. The fourth-order valence-corrected chi connectivity index (χ4v) is 2.70. The first kappa shape index (κ1) is 16.6. The number of ether oxygens (including phenoxy) is 1. The molecule has 1 unspecified atom stereocenters. The van der Waals surface area contributed by atoms with E-state index in [-0.39, 0.29) is 24.6 Å². The average Bonchev–Trinajstić information content (AvgIpc) is 2.51. The Morgan fingerprint density at radius 1 is 1.50 bits per heavy atom. The van der Waals surface area contributed by atoms with E-state index in [4.69, 9.17) is 9.84 Å². The Balaban J connectivity index is 2.10. The van der Waals surface area contributed by atoms with Crippen LogP contribution in [0.1, 0.15) is 24.5 Å². The van der Waals surface area contributed by atoms with Crippen LogP contribution in [0.2, 0.25) is 0 Å². The van der Waals surface area contributed by atoms with Gasteiger partial charge in [-0.1, -0.05) is 12.1 Å². The van der Waals surface area contributed by atoms with Gasteiger partial charge in [0.1, 0.15) is 0 Å². The zero-order chi connectivity index (χ0) is 15.9. The van der Waals surface area contributed by atoms with E-state index in [1.54, 1.807) is 0 Å². The van der Waals surface area contributed by atoms with Crippen LogP contribution in [0.15, 0.2) is 18.2 Å². The van der Waals surface area contributed by atoms with Crippen LogP contribution >= 0.6 is 0 Å². The molecular weight excluding hydrogens is 294 g/mol. The van der Waals surface area contributed by atoms with Gasteiger partial charge in [-0.3, -0.25) is 0 Å². The van der Waals surface area contributed by atoms with Crippen molar-refractivity contribution in [3.8, 4) is 0 Å². The summed E-state index contributed by atoms with van der Waals surface area (Å²) in [7, 11) is 0. The van der Waals surface area contributed by atoms with Crippen molar-refractivity contribution in [1.82, 2.24) is 10.6 Å². The third kappa shape index (κ3) is 4.38. The lowest BCUT2D eigenvalue weighted by Crippen LogP contribution is -2.35. The molecule has 1 aromatic rings. The molecule has 0 aliphatic carbocycles. The van der Waals surface area contributed by atoms with Gasteiger partial charge in [-0.05, 0) is 25.5 Å². The van der Waals surface area contributed by atoms with E-state index in [0.29, 0.717) is 6.54 Å². The van der Waals surface area contributed by atoms with Crippen LogP contribution in [0, 0.1) is 17.6 Å². The summed E-state index contributed by atoms with van der Waals surface area (Å²) in [6.45, 7) is 1.76. The number of carboxylic acid groups (broad SMARTS) is 1. The van der Waals surface area contributed by atoms with E-state index >= 15 is 0 Å². The number of hydrogen-bond acceptors (Lipinski definition) is 3. The molecule has 5 nitrogen and oxygen atoms in total.